The van der Waals surface area contributed by atoms with Crippen LogP contribution in [0.1, 0.15) is 12.0 Å². The van der Waals surface area contributed by atoms with E-state index >= 15 is 0 Å². The Kier molecular flexibility index (Phi) is 5.48. The molecule has 2 heterocycles. The zero-order valence-corrected chi connectivity index (χ0v) is 13.5. The van der Waals surface area contributed by atoms with Crippen molar-refractivity contribution in [3.8, 4) is 5.75 Å². The highest BCUT2D eigenvalue weighted by Crippen LogP contribution is 2.18. The van der Waals surface area contributed by atoms with Gasteiger partial charge in [0.2, 0.25) is 0 Å². The van der Waals surface area contributed by atoms with Gasteiger partial charge in [0.1, 0.15) is 5.75 Å². The van der Waals surface area contributed by atoms with Gasteiger partial charge in [0, 0.05) is 50.9 Å². The number of benzene rings is 1. The molecule has 22 heavy (non-hydrogen) atoms. The van der Waals surface area contributed by atoms with Crippen molar-refractivity contribution in [1.82, 2.24) is 15.1 Å². The third kappa shape index (κ3) is 3.88. The number of hydrogen-bond acceptors (Lipinski definition) is 4. The summed E-state index contributed by atoms with van der Waals surface area (Å²) in [5.74, 6) is 0.942. The predicted molar refractivity (Wildman–Crippen MR) is 91.3 cm³/mol. The summed E-state index contributed by atoms with van der Waals surface area (Å²) in [5, 5.41) is 3.47. The lowest BCUT2D eigenvalue weighted by Crippen LogP contribution is -2.50. The van der Waals surface area contributed by atoms with Crippen molar-refractivity contribution in [2.24, 2.45) is 0 Å². The molecule has 2 aliphatic heterocycles. The Balaban J connectivity index is 1.45. The van der Waals surface area contributed by atoms with Crippen molar-refractivity contribution in [2.45, 2.75) is 12.5 Å². The van der Waals surface area contributed by atoms with Gasteiger partial charge in [0.25, 0.3) is 0 Å². The number of hydrogen-bond donors (Lipinski definition) is 1. The lowest BCUT2D eigenvalue weighted by atomic mass is 10.1. The molecule has 0 spiro atoms. The first-order chi connectivity index (χ1) is 10.9. The quantitative estimate of drug-likeness (QED) is 0.896. The zero-order valence-electron chi connectivity index (χ0n) is 13.5. The molecule has 4 heteroatoms. The maximum atomic E-state index is 5.38. The second-order valence-electron chi connectivity index (χ2n) is 6.13. The van der Waals surface area contributed by atoms with Crippen LogP contribution >= 0.6 is 0 Å². The van der Waals surface area contributed by atoms with Crippen LogP contribution in [-0.4, -0.2) is 68.8 Å². The molecule has 2 fully saturated rings. The molecule has 120 valence electrons. The van der Waals surface area contributed by atoms with Crippen LogP contribution < -0.4 is 10.1 Å². The first-order valence-corrected chi connectivity index (χ1v) is 8.33. The van der Waals surface area contributed by atoms with Gasteiger partial charge >= 0.3 is 0 Å². The Bertz CT molecular complexity index is 489. The number of piperazine rings is 1. The molecule has 0 unspecified atom stereocenters. The zero-order chi connectivity index (χ0) is 15.2. The van der Waals surface area contributed by atoms with Crippen LogP contribution in [0.4, 0.5) is 0 Å². The largest absolute Gasteiger partial charge is 0.496 e. The van der Waals surface area contributed by atoms with Gasteiger partial charge in [-0.1, -0.05) is 30.4 Å². The number of rotatable bonds is 5. The molecule has 1 N–H and O–H groups in total. The van der Waals surface area contributed by atoms with Crippen molar-refractivity contribution in [3.63, 3.8) is 0 Å². The van der Waals surface area contributed by atoms with Gasteiger partial charge in [-0.15, -0.1) is 0 Å². The van der Waals surface area contributed by atoms with Crippen LogP contribution in [0.5, 0.6) is 5.75 Å². The van der Waals surface area contributed by atoms with Crippen molar-refractivity contribution < 1.29 is 4.74 Å². The smallest absolute Gasteiger partial charge is 0.126 e. The summed E-state index contributed by atoms with van der Waals surface area (Å²) in [6.07, 6.45) is 5.74. The second kappa shape index (κ2) is 7.77. The molecule has 3 rings (SSSR count). The van der Waals surface area contributed by atoms with Gasteiger partial charge in [-0.3, -0.25) is 9.80 Å². The highest BCUT2D eigenvalue weighted by atomic mass is 16.5. The van der Waals surface area contributed by atoms with E-state index in [1.807, 2.05) is 12.1 Å². The van der Waals surface area contributed by atoms with Crippen molar-refractivity contribution >= 4 is 6.08 Å². The van der Waals surface area contributed by atoms with E-state index < -0.39 is 0 Å². The topological polar surface area (TPSA) is 27.7 Å². The minimum Gasteiger partial charge on any atom is -0.496 e. The van der Waals surface area contributed by atoms with E-state index in [0.29, 0.717) is 0 Å². The minimum absolute atomic E-state index is 0.770. The Hall–Kier alpha value is -1.36. The monoisotopic (exact) mass is 301 g/mol. The Morgan fingerprint density at radius 1 is 1.23 bits per heavy atom. The van der Waals surface area contributed by atoms with E-state index in [2.05, 4.69) is 39.4 Å². The SMILES string of the molecule is COc1ccccc1/C=C/CN1CCN([C@@H]2CCNC2)CC1. The molecule has 2 saturated heterocycles. The summed E-state index contributed by atoms with van der Waals surface area (Å²) in [5.41, 5.74) is 1.15. The first-order valence-electron chi connectivity index (χ1n) is 8.33. The third-order valence-corrected chi connectivity index (χ3v) is 4.76. The lowest BCUT2D eigenvalue weighted by molar-refractivity contribution is 0.110. The van der Waals surface area contributed by atoms with Gasteiger partial charge in [0.05, 0.1) is 7.11 Å². The standard InChI is InChI=1S/C18H27N3O/c1-22-18-7-3-2-5-16(18)6-4-10-20-11-13-21(14-12-20)17-8-9-19-15-17/h2-7,17,19H,8-15H2,1H3/b6-4+/t17-/m1/s1. The van der Waals surface area contributed by atoms with Crippen LogP contribution in [0.15, 0.2) is 30.3 Å². The summed E-state index contributed by atoms with van der Waals surface area (Å²) >= 11 is 0. The summed E-state index contributed by atoms with van der Waals surface area (Å²) < 4.78 is 5.38. The number of nitrogens with one attached hydrogen (secondary N) is 1. The van der Waals surface area contributed by atoms with Gasteiger partial charge < -0.3 is 10.1 Å². The number of ether oxygens (including phenoxy) is 1. The van der Waals surface area contributed by atoms with E-state index in [0.717, 1.165) is 23.9 Å². The average Bonchev–Trinajstić information content (AvgIpc) is 3.10. The first kappa shape index (κ1) is 15.5. The maximum Gasteiger partial charge on any atom is 0.126 e. The molecule has 0 aliphatic carbocycles. The molecule has 0 amide bonds. The maximum absolute atomic E-state index is 5.38. The predicted octanol–water partition coefficient (Wildman–Crippen LogP) is 1.69. The normalized spacial score (nSPS) is 24.1. The Morgan fingerprint density at radius 2 is 2.05 bits per heavy atom. The van der Waals surface area contributed by atoms with Crippen molar-refractivity contribution in [2.75, 3.05) is 52.9 Å². The number of methoxy groups -OCH3 is 1. The summed E-state index contributed by atoms with van der Waals surface area (Å²) in [6.45, 7) is 8.14. The molecule has 2 aliphatic rings. The van der Waals surface area contributed by atoms with Gasteiger partial charge in [-0.25, -0.2) is 0 Å². The van der Waals surface area contributed by atoms with E-state index in [1.54, 1.807) is 7.11 Å². The summed E-state index contributed by atoms with van der Waals surface area (Å²) in [6, 6.07) is 8.93. The molecular weight excluding hydrogens is 274 g/mol. The van der Waals surface area contributed by atoms with Crippen LogP contribution in [0.3, 0.4) is 0 Å². The Morgan fingerprint density at radius 3 is 2.77 bits per heavy atom. The molecule has 4 nitrogen and oxygen atoms in total. The van der Waals surface area contributed by atoms with Crippen molar-refractivity contribution in [3.05, 3.63) is 35.9 Å². The van der Waals surface area contributed by atoms with E-state index in [-0.39, 0.29) is 0 Å². The van der Waals surface area contributed by atoms with Crippen LogP contribution in [0, 0.1) is 0 Å². The number of nitrogens with zero attached hydrogens (tertiary/aromatic N) is 2. The third-order valence-electron chi connectivity index (χ3n) is 4.76. The van der Waals surface area contributed by atoms with E-state index in [1.165, 1.54) is 45.7 Å². The van der Waals surface area contributed by atoms with Crippen LogP contribution in [-0.2, 0) is 0 Å². The fraction of sp³-hybridized carbons (Fsp3) is 0.556. The molecule has 0 bridgehead atoms. The number of para-hydroxylation sites is 1. The second-order valence-corrected chi connectivity index (χ2v) is 6.13. The van der Waals surface area contributed by atoms with Crippen molar-refractivity contribution in [1.29, 1.82) is 0 Å². The van der Waals surface area contributed by atoms with Gasteiger partial charge in [-0.05, 0) is 19.0 Å². The van der Waals surface area contributed by atoms with E-state index in [9.17, 15) is 0 Å². The molecule has 0 saturated carbocycles. The fourth-order valence-electron chi connectivity index (χ4n) is 3.40. The molecule has 0 aromatic heterocycles. The highest BCUT2D eigenvalue weighted by molar-refractivity contribution is 5.57. The lowest BCUT2D eigenvalue weighted by Gasteiger charge is -2.37. The molecule has 1 aromatic carbocycles. The minimum atomic E-state index is 0.770. The Labute approximate surface area is 133 Å². The fourth-order valence-corrected chi connectivity index (χ4v) is 3.40. The highest BCUT2D eigenvalue weighted by Gasteiger charge is 2.25. The van der Waals surface area contributed by atoms with Gasteiger partial charge in [0.15, 0.2) is 0 Å². The molecule has 1 atom stereocenters. The van der Waals surface area contributed by atoms with Gasteiger partial charge in [-0.2, -0.15) is 0 Å². The van der Waals surface area contributed by atoms with Crippen LogP contribution in [0.2, 0.25) is 0 Å². The average molecular weight is 301 g/mol. The van der Waals surface area contributed by atoms with Crippen LogP contribution in [0.25, 0.3) is 6.08 Å². The summed E-state index contributed by atoms with van der Waals surface area (Å²) in [7, 11) is 1.73. The molecule has 0 radical (unpaired) electrons. The molecule has 1 aromatic rings. The summed E-state index contributed by atoms with van der Waals surface area (Å²) in [4.78, 5) is 5.19. The molecular formula is C18H27N3O. The van der Waals surface area contributed by atoms with E-state index in [4.69, 9.17) is 4.74 Å².